The molecule has 0 aliphatic carbocycles. The quantitative estimate of drug-likeness (QED) is 0.757. The lowest BCUT2D eigenvalue weighted by Crippen LogP contribution is -2.31. The number of rotatable bonds is 4. The van der Waals surface area contributed by atoms with Gasteiger partial charge in [0.2, 0.25) is 0 Å². The van der Waals surface area contributed by atoms with Crippen LogP contribution in [0.25, 0.3) is 0 Å². The maximum absolute atomic E-state index is 11.2. The Labute approximate surface area is 143 Å². The lowest BCUT2D eigenvalue weighted by atomic mass is 9.78. The van der Waals surface area contributed by atoms with Crippen LogP contribution in [0.1, 0.15) is 36.1 Å². The van der Waals surface area contributed by atoms with E-state index < -0.39 is 11.2 Å². The van der Waals surface area contributed by atoms with Crippen molar-refractivity contribution in [3.05, 3.63) is 107 Å². The molecule has 2 atom stereocenters. The van der Waals surface area contributed by atoms with Crippen molar-refractivity contribution < 1.29 is 10.2 Å². The second kappa shape index (κ2) is 6.23. The Morgan fingerprint density at radius 2 is 0.792 bits per heavy atom. The Balaban J connectivity index is 2.16. The Bertz CT molecular complexity index is 735. The molecule has 0 heterocycles. The molecule has 3 aromatic carbocycles. The molecule has 122 valence electrons. The predicted molar refractivity (Wildman–Crippen MR) is 96.7 cm³/mol. The average Bonchev–Trinajstić information content (AvgIpc) is 2.63. The van der Waals surface area contributed by atoms with Crippen molar-refractivity contribution in [1.29, 1.82) is 0 Å². The molecule has 0 saturated heterocycles. The highest BCUT2D eigenvalue weighted by atomic mass is 16.3. The third-order valence-electron chi connectivity index (χ3n) is 4.65. The Kier molecular flexibility index (Phi) is 4.27. The topological polar surface area (TPSA) is 40.5 Å². The van der Waals surface area contributed by atoms with Crippen LogP contribution in [0.3, 0.4) is 0 Å². The largest absolute Gasteiger partial charge is 0.381 e. The van der Waals surface area contributed by atoms with Gasteiger partial charge in [0.1, 0.15) is 11.2 Å². The minimum Gasteiger partial charge on any atom is -0.381 e. The van der Waals surface area contributed by atoms with Crippen LogP contribution in [-0.2, 0) is 11.2 Å². The Morgan fingerprint density at radius 1 is 0.500 bits per heavy atom. The molecule has 0 aliphatic heterocycles. The number of aliphatic hydroxyl groups is 2. The summed E-state index contributed by atoms with van der Waals surface area (Å²) in [7, 11) is 0. The van der Waals surface area contributed by atoms with Gasteiger partial charge >= 0.3 is 0 Å². The van der Waals surface area contributed by atoms with Gasteiger partial charge in [-0.15, -0.1) is 0 Å². The monoisotopic (exact) mass is 318 g/mol. The van der Waals surface area contributed by atoms with E-state index in [0.29, 0.717) is 11.1 Å². The maximum Gasteiger partial charge on any atom is 0.112 e. The lowest BCUT2D eigenvalue weighted by Gasteiger charge is -2.33. The fourth-order valence-corrected chi connectivity index (χ4v) is 3.17. The number of hydrogen-bond acceptors (Lipinski definition) is 2. The predicted octanol–water partition coefficient (Wildman–Crippen LogP) is 4.20. The number of benzene rings is 3. The third kappa shape index (κ3) is 2.86. The molecule has 2 unspecified atom stereocenters. The first-order chi connectivity index (χ1) is 11.4. The molecule has 0 amide bonds. The summed E-state index contributed by atoms with van der Waals surface area (Å²) in [5.41, 5.74) is 0.588. The SMILES string of the molecule is CC(O)(c1ccccc1)c1ccccc1C(C)(O)c1ccccc1. The summed E-state index contributed by atoms with van der Waals surface area (Å²) in [6, 6.07) is 26.6. The van der Waals surface area contributed by atoms with Crippen LogP contribution in [0.2, 0.25) is 0 Å². The first kappa shape index (κ1) is 16.4. The summed E-state index contributed by atoms with van der Waals surface area (Å²) in [5.74, 6) is 0. The van der Waals surface area contributed by atoms with Crippen molar-refractivity contribution >= 4 is 0 Å². The molecule has 0 aliphatic rings. The first-order valence-electron chi connectivity index (χ1n) is 8.10. The lowest BCUT2D eigenvalue weighted by molar-refractivity contribution is 0.0764. The molecular formula is C22H22O2. The van der Waals surface area contributed by atoms with E-state index in [2.05, 4.69) is 0 Å². The van der Waals surface area contributed by atoms with Gasteiger partial charge in [-0.05, 0) is 36.1 Å². The fourth-order valence-electron chi connectivity index (χ4n) is 3.17. The molecule has 0 fully saturated rings. The van der Waals surface area contributed by atoms with E-state index in [4.69, 9.17) is 0 Å². The zero-order valence-electron chi connectivity index (χ0n) is 14.0. The maximum atomic E-state index is 11.2. The fraction of sp³-hybridized carbons (Fsp3) is 0.182. The van der Waals surface area contributed by atoms with Crippen molar-refractivity contribution in [1.82, 2.24) is 0 Å². The van der Waals surface area contributed by atoms with E-state index in [1.807, 2.05) is 84.9 Å². The standard InChI is InChI=1S/C22H22O2/c1-21(23,17-11-5-3-6-12-17)19-15-9-10-16-20(19)22(2,24)18-13-7-4-8-14-18/h3-16,23-24H,1-2H3. The van der Waals surface area contributed by atoms with Crippen LogP contribution in [0.15, 0.2) is 84.9 Å². The summed E-state index contributed by atoms with van der Waals surface area (Å²) < 4.78 is 0. The minimum absolute atomic E-state index is 0.699. The molecule has 2 heteroatoms. The van der Waals surface area contributed by atoms with Crippen molar-refractivity contribution in [2.45, 2.75) is 25.0 Å². The van der Waals surface area contributed by atoms with Crippen molar-refractivity contribution in [3.8, 4) is 0 Å². The molecule has 2 nitrogen and oxygen atoms in total. The van der Waals surface area contributed by atoms with Crippen molar-refractivity contribution in [3.63, 3.8) is 0 Å². The summed E-state index contributed by atoms with van der Waals surface area (Å²) in [5, 5.41) is 22.5. The summed E-state index contributed by atoms with van der Waals surface area (Å²) in [4.78, 5) is 0. The third-order valence-corrected chi connectivity index (χ3v) is 4.65. The van der Waals surface area contributed by atoms with Gasteiger partial charge in [0, 0.05) is 0 Å². The molecule has 24 heavy (non-hydrogen) atoms. The van der Waals surface area contributed by atoms with Gasteiger partial charge in [0.15, 0.2) is 0 Å². The van der Waals surface area contributed by atoms with Gasteiger partial charge in [-0.25, -0.2) is 0 Å². The minimum atomic E-state index is -1.20. The molecule has 0 radical (unpaired) electrons. The van der Waals surface area contributed by atoms with Crippen LogP contribution in [0.5, 0.6) is 0 Å². The van der Waals surface area contributed by atoms with Crippen LogP contribution < -0.4 is 0 Å². The molecule has 0 spiro atoms. The number of hydrogen-bond donors (Lipinski definition) is 2. The van der Waals surface area contributed by atoms with Gasteiger partial charge in [0.05, 0.1) is 0 Å². The van der Waals surface area contributed by atoms with Gasteiger partial charge in [-0.3, -0.25) is 0 Å². The second-order valence-corrected chi connectivity index (χ2v) is 6.42. The molecule has 0 bridgehead atoms. The summed E-state index contributed by atoms with van der Waals surface area (Å²) >= 11 is 0. The second-order valence-electron chi connectivity index (χ2n) is 6.42. The molecule has 3 aromatic rings. The highest BCUT2D eigenvalue weighted by molar-refractivity contribution is 5.46. The van der Waals surface area contributed by atoms with Crippen LogP contribution >= 0.6 is 0 Å². The van der Waals surface area contributed by atoms with E-state index >= 15 is 0 Å². The van der Waals surface area contributed by atoms with Crippen LogP contribution in [0.4, 0.5) is 0 Å². The average molecular weight is 318 g/mol. The Hall–Kier alpha value is -2.42. The molecule has 3 rings (SSSR count). The first-order valence-corrected chi connectivity index (χ1v) is 8.10. The molecular weight excluding hydrogens is 296 g/mol. The van der Waals surface area contributed by atoms with Crippen molar-refractivity contribution in [2.75, 3.05) is 0 Å². The molecule has 0 aromatic heterocycles. The van der Waals surface area contributed by atoms with E-state index in [0.717, 1.165) is 11.1 Å². The van der Waals surface area contributed by atoms with E-state index in [1.54, 1.807) is 13.8 Å². The highest BCUT2D eigenvalue weighted by Crippen LogP contribution is 2.38. The van der Waals surface area contributed by atoms with Gasteiger partial charge < -0.3 is 10.2 Å². The van der Waals surface area contributed by atoms with Gasteiger partial charge in [0.25, 0.3) is 0 Å². The zero-order chi connectivity index (χ0) is 17.2. The summed E-state index contributed by atoms with van der Waals surface area (Å²) in [6.45, 7) is 3.53. The van der Waals surface area contributed by atoms with E-state index in [-0.39, 0.29) is 0 Å². The molecule has 2 N–H and O–H groups in total. The van der Waals surface area contributed by atoms with Crippen LogP contribution in [-0.4, -0.2) is 10.2 Å². The van der Waals surface area contributed by atoms with Gasteiger partial charge in [-0.1, -0.05) is 84.9 Å². The zero-order valence-corrected chi connectivity index (χ0v) is 14.0. The smallest absolute Gasteiger partial charge is 0.112 e. The molecule has 0 saturated carbocycles. The highest BCUT2D eigenvalue weighted by Gasteiger charge is 2.35. The normalized spacial score (nSPS) is 16.2. The Morgan fingerprint density at radius 3 is 1.12 bits per heavy atom. The van der Waals surface area contributed by atoms with Gasteiger partial charge in [-0.2, -0.15) is 0 Å². The summed E-state index contributed by atoms with van der Waals surface area (Å²) in [6.07, 6.45) is 0. The van der Waals surface area contributed by atoms with E-state index in [1.165, 1.54) is 0 Å². The van der Waals surface area contributed by atoms with Crippen LogP contribution in [0, 0.1) is 0 Å². The van der Waals surface area contributed by atoms with Crippen molar-refractivity contribution in [2.24, 2.45) is 0 Å². The van der Waals surface area contributed by atoms with E-state index in [9.17, 15) is 10.2 Å².